The van der Waals surface area contributed by atoms with E-state index in [0.29, 0.717) is 11.8 Å². The summed E-state index contributed by atoms with van der Waals surface area (Å²) >= 11 is 0. The second kappa shape index (κ2) is 15.7. The number of rotatable bonds is 12. The van der Waals surface area contributed by atoms with E-state index >= 15 is 0 Å². The van der Waals surface area contributed by atoms with Gasteiger partial charge in [-0.25, -0.2) is 0 Å². The molecule has 58 heavy (non-hydrogen) atoms. The highest BCUT2D eigenvalue weighted by Gasteiger charge is 2.46. The number of benzene rings is 4. The van der Waals surface area contributed by atoms with Gasteiger partial charge in [0.05, 0.1) is 43.5 Å². The first-order chi connectivity index (χ1) is 28.5. The van der Waals surface area contributed by atoms with Crippen LogP contribution >= 0.6 is 0 Å². The van der Waals surface area contributed by atoms with Gasteiger partial charge in [0.25, 0.3) is 0 Å². The minimum atomic E-state index is -0.198. The van der Waals surface area contributed by atoms with E-state index in [4.69, 9.17) is 28.9 Å². The van der Waals surface area contributed by atoms with Crippen molar-refractivity contribution in [2.24, 2.45) is 23.7 Å². The summed E-state index contributed by atoms with van der Waals surface area (Å²) in [5.41, 5.74) is 4.22. The van der Waals surface area contributed by atoms with Gasteiger partial charge in [-0.1, -0.05) is 63.1 Å². The Labute approximate surface area is 342 Å². The van der Waals surface area contributed by atoms with Crippen molar-refractivity contribution in [3.8, 4) is 23.0 Å². The Balaban J connectivity index is 1.06. The molecule has 0 spiro atoms. The van der Waals surface area contributed by atoms with Crippen LogP contribution in [0.1, 0.15) is 75.7 Å². The van der Waals surface area contributed by atoms with Crippen LogP contribution in [0.25, 0.3) is 32.6 Å². The van der Waals surface area contributed by atoms with Crippen LogP contribution < -0.4 is 18.9 Å². The number of methoxy groups -OCH3 is 2. The first kappa shape index (κ1) is 37.4. The number of hydrogen-bond acceptors (Lipinski definition) is 8. The van der Waals surface area contributed by atoms with Crippen molar-refractivity contribution in [1.29, 1.82) is 0 Å². The standard InChI is InChI=1S/C50H56N4O4/c1-5-31-29-53-22-19-33(31)24-45(53)49(39-12-9-13-43-42(39)27-36(56-4)28-52-43)57-47-16-17-48(38-11-8-7-10-37(38)47)58-50(46-25-34-20-23-54(46)30-32(34)6-2)40-18-21-51-44-15-14-35(55-3)26-41(40)44/h7-18,21,26-28,31-34,45-46,49-50H,5-6,19-20,22-25,29-30H2,1-4H3/t31-,32?,33?,34+,45?,46?,49-,50-/m0/s1. The molecule has 6 aromatic rings. The summed E-state index contributed by atoms with van der Waals surface area (Å²) in [7, 11) is 3.44. The fraction of sp³-hybridized carbons (Fsp3) is 0.440. The van der Waals surface area contributed by atoms with E-state index < -0.39 is 0 Å². The molecule has 4 bridgehead atoms. The highest BCUT2D eigenvalue weighted by Crippen LogP contribution is 2.48. The molecule has 6 saturated heterocycles. The van der Waals surface area contributed by atoms with Gasteiger partial charge in [-0.05, 0) is 111 Å². The van der Waals surface area contributed by atoms with E-state index in [2.05, 4.69) is 103 Å². The molecule has 8 heteroatoms. The Morgan fingerprint density at radius 2 is 1.17 bits per heavy atom. The maximum absolute atomic E-state index is 7.47. The van der Waals surface area contributed by atoms with E-state index in [9.17, 15) is 0 Å². The van der Waals surface area contributed by atoms with Crippen molar-refractivity contribution in [3.63, 3.8) is 0 Å². The number of piperidine rings is 6. The van der Waals surface area contributed by atoms with Gasteiger partial charge in [0.2, 0.25) is 0 Å². The summed E-state index contributed by atoms with van der Waals surface area (Å²) in [5.74, 6) is 6.23. The molecular formula is C50H56N4O4. The van der Waals surface area contributed by atoms with Crippen molar-refractivity contribution in [3.05, 3.63) is 108 Å². The Morgan fingerprint density at radius 1 is 0.603 bits per heavy atom. The number of fused-ring (bicyclic) bond motifs is 9. The fourth-order valence-electron chi connectivity index (χ4n) is 11.4. The largest absolute Gasteiger partial charge is 0.497 e. The molecule has 0 aliphatic carbocycles. The van der Waals surface area contributed by atoms with Gasteiger partial charge in [0.15, 0.2) is 0 Å². The zero-order valence-corrected chi connectivity index (χ0v) is 34.3. The summed E-state index contributed by atoms with van der Waals surface area (Å²) in [6, 6.07) is 30.4. The normalized spacial score (nSPS) is 27.4. The van der Waals surface area contributed by atoms with Gasteiger partial charge in [-0.3, -0.25) is 19.8 Å². The number of aromatic nitrogens is 2. The first-order valence-electron chi connectivity index (χ1n) is 21.7. The highest BCUT2D eigenvalue weighted by atomic mass is 16.5. The lowest BCUT2D eigenvalue weighted by molar-refractivity contribution is -0.0486. The minimum absolute atomic E-state index is 0.198. The molecule has 6 aliphatic rings. The molecule has 0 amide bonds. The topological polar surface area (TPSA) is 69.2 Å². The summed E-state index contributed by atoms with van der Waals surface area (Å²) in [6.07, 6.45) is 10.6. The van der Waals surface area contributed by atoms with Crippen molar-refractivity contribution in [2.45, 2.75) is 76.7 Å². The Bertz CT molecular complexity index is 2270. The van der Waals surface area contributed by atoms with Crippen LogP contribution in [0.15, 0.2) is 97.3 Å². The van der Waals surface area contributed by atoms with E-state index in [0.717, 1.165) is 118 Å². The van der Waals surface area contributed by atoms with Crippen LogP contribution in [0.4, 0.5) is 0 Å². The maximum Gasteiger partial charge on any atom is 0.140 e. The molecule has 4 aromatic carbocycles. The maximum atomic E-state index is 7.47. The summed E-state index contributed by atoms with van der Waals surface area (Å²) in [4.78, 5) is 15.0. The van der Waals surface area contributed by atoms with Crippen molar-refractivity contribution in [1.82, 2.24) is 19.8 Å². The van der Waals surface area contributed by atoms with Crippen LogP contribution in [0.3, 0.4) is 0 Å². The van der Waals surface area contributed by atoms with Crippen molar-refractivity contribution < 1.29 is 18.9 Å². The van der Waals surface area contributed by atoms with Crippen LogP contribution in [0, 0.1) is 23.7 Å². The quantitative estimate of drug-likeness (QED) is 0.122. The van der Waals surface area contributed by atoms with Gasteiger partial charge in [0.1, 0.15) is 35.2 Å². The van der Waals surface area contributed by atoms with Gasteiger partial charge >= 0.3 is 0 Å². The molecule has 10 atom stereocenters. The fourth-order valence-corrected chi connectivity index (χ4v) is 11.4. The predicted octanol–water partition coefficient (Wildman–Crippen LogP) is 10.4. The Morgan fingerprint density at radius 3 is 1.72 bits per heavy atom. The number of pyridine rings is 2. The average molecular weight is 777 g/mol. The zero-order valence-electron chi connectivity index (χ0n) is 34.3. The molecular weight excluding hydrogens is 721 g/mol. The second-order valence-corrected chi connectivity index (χ2v) is 17.3. The molecule has 8 nitrogen and oxygen atoms in total. The molecule has 6 aliphatic heterocycles. The number of ether oxygens (including phenoxy) is 4. The summed E-state index contributed by atoms with van der Waals surface area (Å²) < 4.78 is 26.4. The molecule has 6 unspecified atom stereocenters. The van der Waals surface area contributed by atoms with Crippen LogP contribution in [0.2, 0.25) is 0 Å². The van der Waals surface area contributed by atoms with Crippen LogP contribution in [-0.4, -0.2) is 72.3 Å². The molecule has 2 aromatic heterocycles. The molecule has 0 radical (unpaired) electrons. The SMILES string of the molecule is CCC1CN2CC[C@@H]1CC2[C@@H](Oc1ccc(O[C@@H](c2cccc3ncc(OC)cc23)C2CC3CCN2C[C@@H]3CC)c2ccccc12)c1ccnc2ccc(OC)cc12. The van der Waals surface area contributed by atoms with E-state index in [1.165, 1.54) is 25.7 Å². The number of hydrogen-bond donors (Lipinski definition) is 0. The smallest absolute Gasteiger partial charge is 0.140 e. The third-order valence-electron chi connectivity index (χ3n) is 14.5. The minimum Gasteiger partial charge on any atom is -0.497 e. The second-order valence-electron chi connectivity index (χ2n) is 17.3. The van der Waals surface area contributed by atoms with Gasteiger partial charge < -0.3 is 18.9 Å². The monoisotopic (exact) mass is 776 g/mol. The van der Waals surface area contributed by atoms with Crippen LogP contribution in [0.5, 0.6) is 23.0 Å². The third kappa shape index (κ3) is 6.62. The van der Waals surface area contributed by atoms with Gasteiger partial charge in [0, 0.05) is 52.0 Å². The lowest BCUT2D eigenvalue weighted by Gasteiger charge is -2.52. The predicted molar refractivity (Wildman–Crippen MR) is 231 cm³/mol. The Kier molecular flexibility index (Phi) is 10.1. The van der Waals surface area contributed by atoms with Crippen molar-refractivity contribution >= 4 is 32.6 Å². The van der Waals surface area contributed by atoms with E-state index in [-0.39, 0.29) is 24.3 Å². The average Bonchev–Trinajstić information content (AvgIpc) is 3.29. The van der Waals surface area contributed by atoms with E-state index in [1.807, 2.05) is 18.5 Å². The van der Waals surface area contributed by atoms with Gasteiger partial charge in [-0.2, -0.15) is 0 Å². The number of nitrogens with zero attached hydrogens (tertiary/aromatic N) is 4. The first-order valence-corrected chi connectivity index (χ1v) is 21.7. The molecule has 6 fully saturated rings. The lowest BCUT2D eigenvalue weighted by atomic mass is 9.72. The van der Waals surface area contributed by atoms with Crippen molar-refractivity contribution in [2.75, 3.05) is 40.4 Å². The summed E-state index contributed by atoms with van der Waals surface area (Å²) in [6.45, 7) is 9.18. The molecule has 0 N–H and O–H groups in total. The summed E-state index contributed by atoms with van der Waals surface area (Å²) in [5, 5.41) is 4.27. The van der Waals surface area contributed by atoms with E-state index in [1.54, 1.807) is 14.2 Å². The van der Waals surface area contributed by atoms with Crippen LogP contribution in [-0.2, 0) is 0 Å². The third-order valence-corrected chi connectivity index (χ3v) is 14.5. The lowest BCUT2D eigenvalue weighted by Crippen LogP contribution is -2.56. The highest BCUT2D eigenvalue weighted by molar-refractivity contribution is 5.93. The van der Waals surface area contributed by atoms with Gasteiger partial charge in [-0.15, -0.1) is 0 Å². The zero-order chi connectivity index (χ0) is 39.3. The molecule has 12 rings (SSSR count). The Hall–Kier alpha value is -4.92. The molecule has 300 valence electrons. The molecule has 0 saturated carbocycles. The molecule has 8 heterocycles.